The van der Waals surface area contributed by atoms with E-state index in [1.807, 2.05) is 51.1 Å². The highest BCUT2D eigenvalue weighted by Crippen LogP contribution is 2.34. The van der Waals surface area contributed by atoms with E-state index in [2.05, 4.69) is 10.6 Å². The van der Waals surface area contributed by atoms with Crippen LogP contribution in [0, 0.1) is 13.8 Å². The summed E-state index contributed by atoms with van der Waals surface area (Å²) in [6.07, 6.45) is 1.89. The van der Waals surface area contributed by atoms with Gasteiger partial charge in [-0.15, -0.1) is 0 Å². The van der Waals surface area contributed by atoms with Crippen LogP contribution in [0.15, 0.2) is 53.2 Å². The molecule has 33 heavy (non-hydrogen) atoms. The lowest BCUT2D eigenvalue weighted by atomic mass is 10.1. The zero-order chi connectivity index (χ0) is 23.8. The molecular weight excluding hydrogens is 438 g/mol. The fourth-order valence-corrected chi connectivity index (χ4v) is 3.96. The molecule has 0 aromatic heterocycles. The van der Waals surface area contributed by atoms with Crippen molar-refractivity contribution in [2.75, 3.05) is 29.6 Å². The largest absolute Gasteiger partial charge is 0.492 e. The molecule has 174 valence electrons. The lowest BCUT2D eigenvalue weighted by Crippen LogP contribution is -2.16. The summed E-state index contributed by atoms with van der Waals surface area (Å²) in [5.41, 5.74) is 5.11. The number of nitrogens with one attached hydrogen (secondary N) is 2. The van der Waals surface area contributed by atoms with Gasteiger partial charge < -0.3 is 20.1 Å². The molecule has 1 aliphatic heterocycles. The van der Waals surface area contributed by atoms with E-state index in [9.17, 15) is 9.59 Å². The predicted octanol–water partition coefficient (Wildman–Crippen LogP) is 5.37. The topological polar surface area (TPSA) is 89.0 Å². The molecule has 0 aliphatic carbocycles. The van der Waals surface area contributed by atoms with Gasteiger partial charge in [0.2, 0.25) is 5.91 Å². The number of carbonyl (C=O) groups excluding carboxylic acids is 2. The highest BCUT2D eigenvalue weighted by molar-refractivity contribution is 8.14. The number of aliphatic imine (C=N–C) groups is 1. The van der Waals surface area contributed by atoms with Crippen LogP contribution in [0.5, 0.6) is 5.75 Å². The maximum Gasteiger partial charge on any atom is 0.311 e. The molecule has 0 bridgehead atoms. The number of thioether (sulfide) groups is 1. The Morgan fingerprint density at radius 1 is 1.09 bits per heavy atom. The third kappa shape index (κ3) is 6.86. The third-order valence-electron chi connectivity index (χ3n) is 4.89. The first-order chi connectivity index (χ1) is 15.9. The fraction of sp³-hybridized carbons (Fsp3) is 0.320. The Morgan fingerprint density at radius 3 is 2.61 bits per heavy atom. The summed E-state index contributed by atoms with van der Waals surface area (Å²) >= 11 is 1.30. The number of nitrogens with zero attached hydrogens (tertiary/aromatic N) is 1. The molecule has 0 radical (unpaired) electrons. The molecule has 1 aliphatic rings. The zero-order valence-corrected chi connectivity index (χ0v) is 20.2. The molecule has 2 aromatic rings. The van der Waals surface area contributed by atoms with Gasteiger partial charge >= 0.3 is 5.97 Å². The van der Waals surface area contributed by atoms with Crippen LogP contribution in [0.3, 0.4) is 0 Å². The number of fused-ring (bicyclic) bond motifs is 1. The van der Waals surface area contributed by atoms with Gasteiger partial charge in [-0.1, -0.05) is 23.9 Å². The van der Waals surface area contributed by atoms with Gasteiger partial charge in [0, 0.05) is 5.70 Å². The Labute approximate surface area is 198 Å². The van der Waals surface area contributed by atoms with Crippen LogP contribution in [0.25, 0.3) is 0 Å². The minimum atomic E-state index is -0.321. The Morgan fingerprint density at radius 2 is 1.85 bits per heavy atom. The summed E-state index contributed by atoms with van der Waals surface area (Å²) in [6, 6.07) is 11.3. The molecule has 7 nitrogen and oxygen atoms in total. The molecular formula is C25H29N3O4S. The molecule has 3 rings (SSSR count). The van der Waals surface area contributed by atoms with E-state index in [4.69, 9.17) is 14.5 Å². The number of amides is 1. The number of benzene rings is 2. The zero-order valence-electron chi connectivity index (χ0n) is 19.4. The molecule has 8 heteroatoms. The molecule has 2 aromatic carbocycles. The van der Waals surface area contributed by atoms with Crippen LogP contribution in [-0.2, 0) is 14.3 Å². The number of anilines is 2. The number of hydrogen-bond donors (Lipinski definition) is 2. The van der Waals surface area contributed by atoms with Crippen LogP contribution >= 0.6 is 11.8 Å². The molecule has 1 heterocycles. The number of hydrogen-bond acceptors (Lipinski definition) is 7. The van der Waals surface area contributed by atoms with E-state index in [1.54, 1.807) is 19.1 Å². The van der Waals surface area contributed by atoms with Crippen LogP contribution in [0.4, 0.5) is 17.1 Å². The summed E-state index contributed by atoms with van der Waals surface area (Å²) in [7, 11) is 0. The van der Waals surface area contributed by atoms with Crippen molar-refractivity contribution in [1.82, 2.24) is 0 Å². The van der Waals surface area contributed by atoms with Gasteiger partial charge in [0.1, 0.15) is 5.75 Å². The molecule has 0 atom stereocenters. The molecule has 2 N–H and O–H groups in total. The highest BCUT2D eigenvalue weighted by Gasteiger charge is 2.17. The van der Waals surface area contributed by atoms with Crippen molar-refractivity contribution in [1.29, 1.82) is 0 Å². The maximum atomic E-state index is 12.6. The van der Waals surface area contributed by atoms with Crippen molar-refractivity contribution in [3.05, 3.63) is 59.3 Å². The van der Waals surface area contributed by atoms with Crippen molar-refractivity contribution in [3.63, 3.8) is 0 Å². The van der Waals surface area contributed by atoms with Crippen molar-refractivity contribution < 1.29 is 19.1 Å². The lowest BCUT2D eigenvalue weighted by molar-refractivity contribution is -0.142. The van der Waals surface area contributed by atoms with Crippen LogP contribution in [0.1, 0.15) is 31.4 Å². The minimum Gasteiger partial charge on any atom is -0.492 e. The molecule has 0 spiro atoms. The normalized spacial score (nSPS) is 12.5. The van der Waals surface area contributed by atoms with Crippen molar-refractivity contribution >= 4 is 45.7 Å². The summed E-state index contributed by atoms with van der Waals surface area (Å²) in [5.74, 6) is 0.291. The number of ether oxygens (including phenoxy) is 2. The highest BCUT2D eigenvalue weighted by atomic mass is 32.2. The van der Waals surface area contributed by atoms with Gasteiger partial charge in [-0.05, 0) is 69.2 Å². The number of carbonyl (C=O) groups is 2. The molecule has 0 unspecified atom stereocenters. The second-order valence-corrected chi connectivity index (χ2v) is 8.44. The van der Waals surface area contributed by atoms with E-state index in [1.165, 1.54) is 11.8 Å². The van der Waals surface area contributed by atoms with Gasteiger partial charge in [0.15, 0.2) is 0 Å². The Bertz CT molecular complexity index is 1100. The van der Waals surface area contributed by atoms with Crippen molar-refractivity contribution in [2.45, 2.75) is 34.1 Å². The van der Waals surface area contributed by atoms with Crippen LogP contribution in [-0.4, -0.2) is 35.9 Å². The standard InChI is InChI=1S/C25H29N3O4S/c1-5-31-22-10-8-7-9-19(22)27-23(29)15-33-24-13-18(14-25(30)32-6-2)26-20-11-16(3)17(4)12-21(20)28-24/h7-13,26H,5-6,14-15H2,1-4H3,(H,27,29). The third-order valence-corrected chi connectivity index (χ3v) is 5.80. The first-order valence-corrected chi connectivity index (χ1v) is 11.9. The van der Waals surface area contributed by atoms with Gasteiger partial charge in [-0.2, -0.15) is 0 Å². The number of aryl methyl sites for hydroxylation is 2. The van der Waals surface area contributed by atoms with Crippen molar-refractivity contribution in [3.8, 4) is 5.75 Å². The molecule has 1 amide bonds. The molecule has 0 saturated carbocycles. The fourth-order valence-electron chi connectivity index (χ4n) is 3.22. The first-order valence-electron chi connectivity index (χ1n) is 10.9. The van der Waals surface area contributed by atoms with Crippen molar-refractivity contribution in [2.24, 2.45) is 4.99 Å². The van der Waals surface area contributed by atoms with Gasteiger partial charge in [0.05, 0.1) is 47.5 Å². The predicted molar refractivity (Wildman–Crippen MR) is 135 cm³/mol. The van der Waals surface area contributed by atoms with Gasteiger partial charge in [0.25, 0.3) is 0 Å². The average molecular weight is 468 g/mol. The SMILES string of the molecule is CCOC(=O)CC1=CC(SCC(=O)Nc2ccccc2OCC)=Nc2cc(C)c(C)cc2N1. The molecule has 0 saturated heterocycles. The Balaban J connectivity index is 1.78. The maximum absolute atomic E-state index is 12.6. The second-order valence-electron chi connectivity index (χ2n) is 7.45. The minimum absolute atomic E-state index is 0.0910. The Kier molecular flexibility index (Phi) is 8.54. The lowest BCUT2D eigenvalue weighted by Gasteiger charge is -2.12. The van der Waals surface area contributed by atoms with Crippen LogP contribution in [0.2, 0.25) is 0 Å². The van der Waals surface area contributed by atoms with Crippen LogP contribution < -0.4 is 15.4 Å². The number of rotatable bonds is 8. The van der Waals surface area contributed by atoms with E-state index in [0.29, 0.717) is 35.4 Å². The average Bonchev–Trinajstić information content (AvgIpc) is 2.93. The summed E-state index contributed by atoms with van der Waals surface area (Å²) in [5, 5.41) is 6.84. The summed E-state index contributed by atoms with van der Waals surface area (Å²) in [4.78, 5) is 29.5. The number of para-hydroxylation sites is 2. The monoisotopic (exact) mass is 467 g/mol. The quantitative estimate of drug-likeness (QED) is 0.508. The van der Waals surface area contributed by atoms with E-state index >= 15 is 0 Å². The number of esters is 1. The second kappa shape index (κ2) is 11.6. The van der Waals surface area contributed by atoms with E-state index in [0.717, 1.165) is 22.5 Å². The Hall–Kier alpha value is -3.26. The van der Waals surface area contributed by atoms with Gasteiger partial charge in [-0.25, -0.2) is 4.99 Å². The molecule has 0 fully saturated rings. The van der Waals surface area contributed by atoms with E-state index in [-0.39, 0.29) is 24.1 Å². The first kappa shape index (κ1) is 24.4. The smallest absolute Gasteiger partial charge is 0.311 e. The van der Waals surface area contributed by atoms with Gasteiger partial charge in [-0.3, -0.25) is 9.59 Å². The summed E-state index contributed by atoms with van der Waals surface area (Å²) < 4.78 is 10.7. The summed E-state index contributed by atoms with van der Waals surface area (Å²) in [6.45, 7) is 8.56. The van der Waals surface area contributed by atoms with E-state index < -0.39 is 0 Å².